The smallest absolute Gasteiger partial charge is 0.410 e. The lowest BCUT2D eigenvalue weighted by Crippen LogP contribution is -2.59. The second-order valence-corrected chi connectivity index (χ2v) is 6.47. The fourth-order valence-corrected chi connectivity index (χ4v) is 2.30. The van der Waals surface area contributed by atoms with E-state index in [0.29, 0.717) is 19.0 Å². The van der Waals surface area contributed by atoms with Crippen LogP contribution in [0.4, 0.5) is 10.7 Å². The number of hydrogen-bond donors (Lipinski definition) is 1. The van der Waals surface area contributed by atoms with Crippen molar-refractivity contribution in [1.82, 2.24) is 14.9 Å². The number of hydrogen-bond acceptors (Lipinski definition) is 6. The third-order valence-corrected chi connectivity index (χ3v) is 3.36. The number of piperazine rings is 1. The first kappa shape index (κ1) is 17.0. The van der Waals surface area contributed by atoms with Gasteiger partial charge in [-0.05, 0) is 33.8 Å². The van der Waals surface area contributed by atoms with Crippen molar-refractivity contribution < 1.29 is 19.4 Å². The highest BCUT2D eigenvalue weighted by Gasteiger charge is 2.37. The molecule has 8 heteroatoms. The van der Waals surface area contributed by atoms with E-state index in [-0.39, 0.29) is 6.54 Å². The van der Waals surface area contributed by atoms with Gasteiger partial charge in [0.05, 0.1) is 6.54 Å². The molecule has 0 radical (unpaired) electrons. The van der Waals surface area contributed by atoms with Crippen molar-refractivity contribution in [2.45, 2.75) is 39.3 Å². The molecule has 0 aromatic carbocycles. The predicted octanol–water partition coefficient (Wildman–Crippen LogP) is 1.30. The van der Waals surface area contributed by atoms with Gasteiger partial charge in [0.25, 0.3) is 0 Å². The Bertz CT molecular complexity index is 599. The van der Waals surface area contributed by atoms with Gasteiger partial charge in [-0.2, -0.15) is 0 Å². The first-order chi connectivity index (χ1) is 10.7. The molecular weight excluding hydrogens is 300 g/mol. The molecule has 1 saturated heterocycles. The number of nitrogens with zero attached hydrogens (tertiary/aromatic N) is 4. The van der Waals surface area contributed by atoms with E-state index in [1.807, 2.05) is 6.92 Å². The van der Waals surface area contributed by atoms with Gasteiger partial charge >= 0.3 is 12.1 Å². The van der Waals surface area contributed by atoms with Crippen LogP contribution in [0.2, 0.25) is 0 Å². The summed E-state index contributed by atoms with van der Waals surface area (Å²) in [5, 5.41) is 9.50. The van der Waals surface area contributed by atoms with Crippen LogP contribution < -0.4 is 4.90 Å². The molecule has 0 unspecified atom stereocenters. The number of amides is 1. The van der Waals surface area contributed by atoms with Crippen LogP contribution in [0.3, 0.4) is 0 Å². The first-order valence-electron chi connectivity index (χ1n) is 7.44. The summed E-state index contributed by atoms with van der Waals surface area (Å²) < 4.78 is 5.31. The zero-order valence-electron chi connectivity index (χ0n) is 13.8. The van der Waals surface area contributed by atoms with Gasteiger partial charge in [0.2, 0.25) is 5.95 Å². The van der Waals surface area contributed by atoms with E-state index in [4.69, 9.17) is 4.74 Å². The van der Waals surface area contributed by atoms with E-state index in [1.54, 1.807) is 37.9 Å². The zero-order chi connectivity index (χ0) is 17.2. The Labute approximate surface area is 135 Å². The average Bonchev–Trinajstić information content (AvgIpc) is 2.44. The van der Waals surface area contributed by atoms with Crippen LogP contribution in [0.15, 0.2) is 12.3 Å². The van der Waals surface area contributed by atoms with Gasteiger partial charge in [-0.3, -0.25) is 0 Å². The van der Waals surface area contributed by atoms with E-state index >= 15 is 0 Å². The van der Waals surface area contributed by atoms with Crippen LogP contribution in [-0.2, 0) is 9.53 Å². The number of carbonyl (C=O) groups excluding carboxylic acids is 1. The van der Waals surface area contributed by atoms with Gasteiger partial charge in [-0.1, -0.05) is 0 Å². The molecule has 1 aliphatic rings. The van der Waals surface area contributed by atoms with Gasteiger partial charge in [-0.15, -0.1) is 0 Å². The topological polar surface area (TPSA) is 95.9 Å². The van der Waals surface area contributed by atoms with E-state index in [0.717, 1.165) is 5.69 Å². The molecule has 0 saturated carbocycles. The zero-order valence-corrected chi connectivity index (χ0v) is 13.8. The van der Waals surface area contributed by atoms with Crippen LogP contribution in [0.1, 0.15) is 26.5 Å². The van der Waals surface area contributed by atoms with Crippen molar-refractivity contribution in [1.29, 1.82) is 0 Å². The number of aryl methyl sites for hydroxylation is 1. The summed E-state index contributed by atoms with van der Waals surface area (Å²) in [5.41, 5.74) is 0.140. The van der Waals surface area contributed by atoms with Crippen LogP contribution in [-0.4, -0.2) is 63.3 Å². The van der Waals surface area contributed by atoms with Gasteiger partial charge in [0, 0.05) is 25.0 Å². The summed E-state index contributed by atoms with van der Waals surface area (Å²) in [5.74, 6) is -0.662. The van der Waals surface area contributed by atoms with Gasteiger partial charge in [-0.25, -0.2) is 19.6 Å². The molecule has 0 aliphatic carbocycles. The molecule has 0 spiro atoms. The summed E-state index contributed by atoms with van der Waals surface area (Å²) >= 11 is 0. The highest BCUT2D eigenvalue weighted by Crippen LogP contribution is 2.19. The van der Waals surface area contributed by atoms with Crippen LogP contribution in [0.5, 0.6) is 0 Å². The van der Waals surface area contributed by atoms with Gasteiger partial charge in [0.1, 0.15) is 11.6 Å². The Morgan fingerprint density at radius 1 is 1.35 bits per heavy atom. The maximum atomic E-state index is 12.1. The quantitative estimate of drug-likeness (QED) is 0.876. The molecule has 1 fully saturated rings. The minimum Gasteiger partial charge on any atom is -0.480 e. The van der Waals surface area contributed by atoms with Crippen LogP contribution in [0, 0.1) is 6.92 Å². The standard InChI is InChI=1S/C15H22N4O4/c1-10-5-6-16-13(17-10)19-8-7-18(9-11(19)12(20)21)14(22)23-15(2,3)4/h5-6,11H,7-9H2,1-4H3,(H,20,21)/t11-/m0/s1. The fourth-order valence-electron chi connectivity index (χ4n) is 2.30. The molecule has 1 aromatic heterocycles. The normalized spacial score (nSPS) is 18.7. The van der Waals surface area contributed by atoms with Crippen LogP contribution in [0.25, 0.3) is 0 Å². The molecule has 2 heterocycles. The van der Waals surface area contributed by atoms with Gasteiger partial charge < -0.3 is 19.6 Å². The molecule has 1 atom stereocenters. The highest BCUT2D eigenvalue weighted by atomic mass is 16.6. The number of carbonyl (C=O) groups is 2. The Morgan fingerprint density at radius 3 is 2.61 bits per heavy atom. The number of carboxylic acid groups (broad SMARTS) is 1. The lowest BCUT2D eigenvalue weighted by atomic mass is 10.1. The number of carboxylic acids is 1. The third-order valence-electron chi connectivity index (χ3n) is 3.36. The minimum absolute atomic E-state index is 0.0293. The molecule has 1 aromatic rings. The second kappa shape index (κ2) is 6.39. The highest BCUT2D eigenvalue weighted by molar-refractivity contribution is 5.79. The number of aliphatic carboxylic acids is 1. The van der Waals surface area contributed by atoms with Crippen molar-refractivity contribution in [2.75, 3.05) is 24.5 Å². The minimum atomic E-state index is -1.02. The van der Waals surface area contributed by atoms with Crippen molar-refractivity contribution in [3.8, 4) is 0 Å². The lowest BCUT2D eigenvalue weighted by molar-refractivity contribution is -0.139. The number of rotatable bonds is 2. The number of aromatic nitrogens is 2. The van der Waals surface area contributed by atoms with Crippen molar-refractivity contribution in [3.05, 3.63) is 18.0 Å². The summed E-state index contributed by atoms with van der Waals surface area (Å²) in [6.45, 7) is 7.86. The summed E-state index contributed by atoms with van der Waals surface area (Å²) in [4.78, 5) is 35.2. The van der Waals surface area contributed by atoms with E-state index in [2.05, 4.69) is 9.97 Å². The Hall–Kier alpha value is -2.38. The van der Waals surface area contributed by atoms with Gasteiger partial charge in [0.15, 0.2) is 0 Å². The molecule has 1 amide bonds. The molecule has 8 nitrogen and oxygen atoms in total. The van der Waals surface area contributed by atoms with Crippen molar-refractivity contribution in [2.24, 2.45) is 0 Å². The molecule has 1 N–H and O–H groups in total. The van der Waals surface area contributed by atoms with E-state index in [1.165, 1.54) is 4.90 Å². The molecule has 126 valence electrons. The third kappa shape index (κ3) is 4.30. The SMILES string of the molecule is Cc1ccnc(N2CCN(C(=O)OC(C)(C)C)C[C@H]2C(=O)O)n1. The molecule has 23 heavy (non-hydrogen) atoms. The Kier molecular flexibility index (Phi) is 4.72. The largest absolute Gasteiger partial charge is 0.480 e. The summed E-state index contributed by atoms with van der Waals surface area (Å²) in [7, 11) is 0. The summed E-state index contributed by atoms with van der Waals surface area (Å²) in [6, 6.07) is 0.842. The molecule has 1 aliphatic heterocycles. The van der Waals surface area contributed by atoms with E-state index < -0.39 is 23.7 Å². The molecular formula is C15H22N4O4. The summed E-state index contributed by atoms with van der Waals surface area (Å²) in [6.07, 6.45) is 1.09. The maximum absolute atomic E-state index is 12.1. The Balaban J connectivity index is 2.15. The predicted molar refractivity (Wildman–Crippen MR) is 83.3 cm³/mol. The number of ether oxygens (including phenoxy) is 1. The first-order valence-corrected chi connectivity index (χ1v) is 7.44. The molecule has 0 bridgehead atoms. The van der Waals surface area contributed by atoms with Crippen LogP contribution >= 0.6 is 0 Å². The average molecular weight is 322 g/mol. The molecule has 2 rings (SSSR count). The maximum Gasteiger partial charge on any atom is 0.410 e. The Morgan fingerprint density at radius 2 is 2.04 bits per heavy atom. The van der Waals surface area contributed by atoms with Crippen molar-refractivity contribution >= 4 is 18.0 Å². The van der Waals surface area contributed by atoms with E-state index in [9.17, 15) is 14.7 Å². The van der Waals surface area contributed by atoms with Crippen molar-refractivity contribution in [3.63, 3.8) is 0 Å². The monoisotopic (exact) mass is 322 g/mol. The number of anilines is 1. The fraction of sp³-hybridized carbons (Fsp3) is 0.600. The second-order valence-electron chi connectivity index (χ2n) is 6.47. The lowest BCUT2D eigenvalue weighted by Gasteiger charge is -2.39.